The SMILES string of the molecule is Cc1cc(Cl)ccc1NC(=O)c1cc(C)n(-c2nccs2)c1C. The van der Waals surface area contributed by atoms with Crippen LogP contribution in [-0.2, 0) is 0 Å². The molecule has 0 bridgehead atoms. The van der Waals surface area contributed by atoms with Crippen LogP contribution in [0.2, 0.25) is 5.02 Å². The predicted octanol–water partition coefficient (Wildman–Crippen LogP) is 4.76. The summed E-state index contributed by atoms with van der Waals surface area (Å²) in [6.45, 7) is 5.82. The number of anilines is 1. The van der Waals surface area contributed by atoms with E-state index in [0.29, 0.717) is 10.6 Å². The van der Waals surface area contributed by atoms with Crippen LogP contribution in [0.25, 0.3) is 5.13 Å². The van der Waals surface area contributed by atoms with Crippen LogP contribution in [0.1, 0.15) is 27.3 Å². The zero-order valence-corrected chi connectivity index (χ0v) is 14.6. The highest BCUT2D eigenvalue weighted by Crippen LogP contribution is 2.24. The molecule has 3 rings (SSSR count). The van der Waals surface area contributed by atoms with Crippen LogP contribution in [0, 0.1) is 20.8 Å². The highest BCUT2D eigenvalue weighted by Gasteiger charge is 2.18. The van der Waals surface area contributed by atoms with E-state index in [0.717, 1.165) is 27.8 Å². The monoisotopic (exact) mass is 345 g/mol. The number of halogens is 1. The van der Waals surface area contributed by atoms with Crippen LogP contribution in [0.15, 0.2) is 35.8 Å². The summed E-state index contributed by atoms with van der Waals surface area (Å²) < 4.78 is 1.99. The smallest absolute Gasteiger partial charge is 0.257 e. The molecule has 3 aromatic rings. The zero-order valence-electron chi connectivity index (χ0n) is 13.1. The fraction of sp³-hybridized carbons (Fsp3) is 0.176. The van der Waals surface area contributed by atoms with Gasteiger partial charge in [0.25, 0.3) is 5.91 Å². The average Bonchev–Trinajstić information content (AvgIpc) is 3.10. The van der Waals surface area contributed by atoms with Crippen molar-refractivity contribution in [2.45, 2.75) is 20.8 Å². The minimum absolute atomic E-state index is 0.133. The number of nitrogens with one attached hydrogen (secondary N) is 1. The second-order valence-corrected chi connectivity index (χ2v) is 6.66. The molecule has 0 atom stereocenters. The molecular formula is C17H16ClN3OS. The van der Waals surface area contributed by atoms with Gasteiger partial charge >= 0.3 is 0 Å². The van der Waals surface area contributed by atoms with E-state index < -0.39 is 0 Å². The fourth-order valence-corrected chi connectivity index (χ4v) is 3.55. The molecule has 0 unspecified atom stereocenters. The number of aryl methyl sites for hydroxylation is 2. The third-order valence-corrected chi connectivity index (χ3v) is 4.71. The Kier molecular flexibility index (Phi) is 4.24. The molecule has 23 heavy (non-hydrogen) atoms. The molecule has 0 saturated heterocycles. The molecule has 1 aromatic carbocycles. The summed E-state index contributed by atoms with van der Waals surface area (Å²) in [5.41, 5.74) is 4.20. The predicted molar refractivity (Wildman–Crippen MR) is 95.1 cm³/mol. The maximum atomic E-state index is 12.6. The minimum atomic E-state index is -0.133. The maximum absolute atomic E-state index is 12.6. The molecule has 1 N–H and O–H groups in total. The van der Waals surface area contributed by atoms with E-state index in [1.807, 2.05) is 48.9 Å². The molecule has 0 saturated carbocycles. The van der Waals surface area contributed by atoms with E-state index >= 15 is 0 Å². The normalized spacial score (nSPS) is 10.8. The van der Waals surface area contributed by atoms with E-state index in [4.69, 9.17) is 11.6 Å². The molecular weight excluding hydrogens is 330 g/mol. The van der Waals surface area contributed by atoms with Crippen molar-refractivity contribution in [1.29, 1.82) is 0 Å². The van der Waals surface area contributed by atoms with Gasteiger partial charge in [-0.15, -0.1) is 11.3 Å². The first kappa shape index (κ1) is 15.8. The van der Waals surface area contributed by atoms with Crippen LogP contribution in [0.4, 0.5) is 5.69 Å². The molecule has 0 radical (unpaired) electrons. The van der Waals surface area contributed by atoms with E-state index in [1.54, 1.807) is 23.6 Å². The van der Waals surface area contributed by atoms with Crippen LogP contribution in [0.5, 0.6) is 0 Å². The van der Waals surface area contributed by atoms with Gasteiger partial charge in [-0.3, -0.25) is 9.36 Å². The second kappa shape index (κ2) is 6.18. The fourth-order valence-electron chi connectivity index (χ4n) is 2.57. The molecule has 0 fully saturated rings. The summed E-state index contributed by atoms with van der Waals surface area (Å²) in [5, 5.41) is 6.39. The molecule has 2 aromatic heterocycles. The molecule has 0 aliphatic rings. The van der Waals surface area contributed by atoms with Crippen LogP contribution < -0.4 is 5.32 Å². The van der Waals surface area contributed by atoms with Gasteiger partial charge in [-0.05, 0) is 50.6 Å². The van der Waals surface area contributed by atoms with Crippen LogP contribution in [-0.4, -0.2) is 15.5 Å². The molecule has 2 heterocycles. The van der Waals surface area contributed by atoms with E-state index in [1.165, 1.54) is 0 Å². The van der Waals surface area contributed by atoms with E-state index in [-0.39, 0.29) is 5.91 Å². The summed E-state index contributed by atoms with van der Waals surface area (Å²) in [4.78, 5) is 17.0. The molecule has 6 heteroatoms. The number of benzene rings is 1. The van der Waals surface area contributed by atoms with Gasteiger partial charge < -0.3 is 5.32 Å². The Bertz CT molecular complexity index is 868. The number of rotatable bonds is 3. The first-order chi connectivity index (χ1) is 11.0. The number of carbonyl (C=O) groups is 1. The molecule has 0 aliphatic heterocycles. The van der Waals surface area contributed by atoms with Gasteiger partial charge in [0.1, 0.15) is 0 Å². The van der Waals surface area contributed by atoms with Crippen LogP contribution >= 0.6 is 22.9 Å². The van der Waals surface area contributed by atoms with Crippen molar-refractivity contribution in [2.75, 3.05) is 5.32 Å². The van der Waals surface area contributed by atoms with Gasteiger partial charge in [-0.1, -0.05) is 11.6 Å². The average molecular weight is 346 g/mol. The van der Waals surface area contributed by atoms with Gasteiger partial charge in [0, 0.05) is 33.7 Å². The van der Waals surface area contributed by atoms with Gasteiger partial charge in [0.05, 0.1) is 5.56 Å². The largest absolute Gasteiger partial charge is 0.322 e. The Morgan fingerprint density at radius 2 is 2.04 bits per heavy atom. The van der Waals surface area contributed by atoms with Gasteiger partial charge in [0.15, 0.2) is 5.13 Å². The van der Waals surface area contributed by atoms with Crippen molar-refractivity contribution in [3.8, 4) is 5.13 Å². The lowest BCUT2D eigenvalue weighted by molar-refractivity contribution is 0.102. The van der Waals surface area contributed by atoms with Crippen molar-refractivity contribution in [2.24, 2.45) is 0 Å². The minimum Gasteiger partial charge on any atom is -0.322 e. The van der Waals surface area contributed by atoms with Gasteiger partial charge in [-0.25, -0.2) is 4.98 Å². The summed E-state index contributed by atoms with van der Waals surface area (Å²) in [5.74, 6) is -0.133. The van der Waals surface area contributed by atoms with Crippen molar-refractivity contribution >= 4 is 34.5 Å². The molecule has 4 nitrogen and oxygen atoms in total. The number of hydrogen-bond donors (Lipinski definition) is 1. The first-order valence-electron chi connectivity index (χ1n) is 7.13. The highest BCUT2D eigenvalue weighted by molar-refractivity contribution is 7.12. The Morgan fingerprint density at radius 1 is 1.26 bits per heavy atom. The lowest BCUT2D eigenvalue weighted by atomic mass is 10.1. The Hall–Kier alpha value is -2.11. The molecule has 118 valence electrons. The number of nitrogens with zero attached hydrogens (tertiary/aromatic N) is 2. The summed E-state index contributed by atoms with van der Waals surface area (Å²) in [7, 11) is 0. The van der Waals surface area contributed by atoms with Crippen molar-refractivity contribution < 1.29 is 4.79 Å². The van der Waals surface area contributed by atoms with E-state index in [2.05, 4.69) is 10.3 Å². The van der Waals surface area contributed by atoms with Gasteiger partial charge in [-0.2, -0.15) is 0 Å². The number of amides is 1. The zero-order chi connectivity index (χ0) is 16.6. The first-order valence-corrected chi connectivity index (χ1v) is 8.39. The standard InChI is InChI=1S/C17H16ClN3OS/c1-10-8-13(18)4-5-15(10)20-16(22)14-9-11(2)21(12(14)3)17-19-6-7-23-17/h4-9H,1-3H3,(H,20,22). The number of aromatic nitrogens is 2. The van der Waals surface area contributed by atoms with Crippen molar-refractivity contribution in [3.05, 3.63) is 63.4 Å². The number of hydrogen-bond acceptors (Lipinski definition) is 3. The Balaban J connectivity index is 1.93. The summed E-state index contributed by atoms with van der Waals surface area (Å²) >= 11 is 7.50. The molecule has 0 aliphatic carbocycles. The molecule has 0 spiro atoms. The topological polar surface area (TPSA) is 46.9 Å². The number of thiazole rings is 1. The van der Waals surface area contributed by atoms with Crippen LogP contribution in [0.3, 0.4) is 0 Å². The lowest BCUT2D eigenvalue weighted by Crippen LogP contribution is -2.13. The van der Waals surface area contributed by atoms with Crippen molar-refractivity contribution in [3.63, 3.8) is 0 Å². The quantitative estimate of drug-likeness (QED) is 0.743. The second-order valence-electron chi connectivity index (χ2n) is 5.35. The summed E-state index contributed by atoms with van der Waals surface area (Å²) in [6, 6.07) is 7.30. The molecule has 1 amide bonds. The Labute approximate surface area is 143 Å². The van der Waals surface area contributed by atoms with Gasteiger partial charge in [0.2, 0.25) is 0 Å². The third-order valence-electron chi connectivity index (χ3n) is 3.72. The third kappa shape index (κ3) is 3.02. The Morgan fingerprint density at radius 3 is 2.70 bits per heavy atom. The highest BCUT2D eigenvalue weighted by atomic mass is 35.5. The lowest BCUT2D eigenvalue weighted by Gasteiger charge is -2.09. The van der Waals surface area contributed by atoms with Crippen molar-refractivity contribution in [1.82, 2.24) is 9.55 Å². The summed E-state index contributed by atoms with van der Waals surface area (Å²) in [6.07, 6.45) is 1.76. The number of carbonyl (C=O) groups excluding carboxylic acids is 1. The maximum Gasteiger partial charge on any atom is 0.257 e. The van der Waals surface area contributed by atoms with E-state index in [9.17, 15) is 4.79 Å².